The molecule has 0 radical (unpaired) electrons. The van der Waals surface area contributed by atoms with Gasteiger partial charge >= 0.3 is 0 Å². The summed E-state index contributed by atoms with van der Waals surface area (Å²) in [7, 11) is 0. The molecule has 2 aromatic heterocycles. The summed E-state index contributed by atoms with van der Waals surface area (Å²) in [6, 6.07) is 11.9. The minimum absolute atomic E-state index is 0.0337. The molecular weight excluding hydrogens is 395 g/mol. The van der Waals surface area contributed by atoms with Gasteiger partial charge in [-0.1, -0.05) is 12.1 Å². The number of rotatable bonds is 6. The highest BCUT2D eigenvalue weighted by molar-refractivity contribution is 7.17. The highest BCUT2D eigenvalue weighted by atomic mass is 32.1. The Hall–Kier alpha value is -3.43. The van der Waals surface area contributed by atoms with Gasteiger partial charge in [-0.15, -0.1) is 11.3 Å². The monoisotopic (exact) mass is 410 g/mol. The van der Waals surface area contributed by atoms with Gasteiger partial charge in [0.2, 0.25) is 0 Å². The van der Waals surface area contributed by atoms with Crippen LogP contribution in [0, 0.1) is 15.9 Å². The number of aromatic nitrogens is 2. The molecule has 2 N–H and O–H groups in total. The Morgan fingerprint density at radius 2 is 1.86 bits per heavy atom. The van der Waals surface area contributed by atoms with Gasteiger partial charge in [-0.25, -0.2) is 14.4 Å². The molecule has 0 unspecified atom stereocenters. The molecule has 0 amide bonds. The second-order valence-electron chi connectivity index (χ2n) is 6.30. The van der Waals surface area contributed by atoms with E-state index in [1.165, 1.54) is 54.1 Å². The Bertz CT molecular complexity index is 1160. The zero-order valence-electron chi connectivity index (χ0n) is 14.9. The standard InChI is InChI=1S/C20H15FN4O3S/c21-14-5-1-12(2-6-14)16-10-29-20-18(16)19(23-11-24-20)22-9-17(26)13-3-7-15(8-4-13)25(27)28/h1-8,10-11,17,26H,9H2,(H,22,23,24)/t17-/m1/s1. The lowest BCUT2D eigenvalue weighted by atomic mass is 10.1. The zero-order valence-corrected chi connectivity index (χ0v) is 15.8. The second-order valence-corrected chi connectivity index (χ2v) is 7.16. The molecule has 2 aromatic carbocycles. The molecule has 29 heavy (non-hydrogen) atoms. The maximum Gasteiger partial charge on any atom is 0.269 e. The number of non-ortho nitro benzene ring substituents is 1. The molecule has 2 heterocycles. The number of thiophene rings is 1. The average molecular weight is 410 g/mol. The van der Waals surface area contributed by atoms with Gasteiger partial charge in [0, 0.05) is 29.6 Å². The van der Waals surface area contributed by atoms with Crippen molar-refractivity contribution in [3.63, 3.8) is 0 Å². The van der Waals surface area contributed by atoms with Crippen LogP contribution in [0.2, 0.25) is 0 Å². The molecule has 0 saturated heterocycles. The van der Waals surface area contributed by atoms with E-state index in [0.29, 0.717) is 11.4 Å². The number of halogens is 1. The number of anilines is 1. The predicted molar refractivity (Wildman–Crippen MR) is 109 cm³/mol. The van der Waals surface area contributed by atoms with E-state index in [-0.39, 0.29) is 18.0 Å². The van der Waals surface area contributed by atoms with Gasteiger partial charge < -0.3 is 10.4 Å². The predicted octanol–water partition coefficient (Wildman–Crippen LogP) is 4.55. The number of benzene rings is 2. The molecule has 0 aliphatic rings. The molecule has 0 spiro atoms. The summed E-state index contributed by atoms with van der Waals surface area (Å²) in [5, 5.41) is 27.0. The first-order chi connectivity index (χ1) is 14.0. The summed E-state index contributed by atoms with van der Waals surface area (Å²) in [5.41, 5.74) is 2.23. The number of nitrogens with one attached hydrogen (secondary N) is 1. The third-order valence-electron chi connectivity index (χ3n) is 4.48. The van der Waals surface area contributed by atoms with E-state index in [4.69, 9.17) is 0 Å². The summed E-state index contributed by atoms with van der Waals surface area (Å²) >= 11 is 1.45. The van der Waals surface area contributed by atoms with E-state index >= 15 is 0 Å². The minimum atomic E-state index is -0.881. The van der Waals surface area contributed by atoms with Gasteiger partial charge in [-0.2, -0.15) is 0 Å². The van der Waals surface area contributed by atoms with E-state index in [1.54, 1.807) is 12.1 Å². The molecule has 4 rings (SSSR count). The van der Waals surface area contributed by atoms with Crippen molar-refractivity contribution >= 4 is 33.1 Å². The van der Waals surface area contributed by atoms with Gasteiger partial charge in [-0.05, 0) is 35.4 Å². The molecule has 1 atom stereocenters. The van der Waals surface area contributed by atoms with Crippen molar-refractivity contribution < 1.29 is 14.4 Å². The van der Waals surface area contributed by atoms with E-state index < -0.39 is 11.0 Å². The molecule has 0 aliphatic carbocycles. The molecule has 0 fully saturated rings. The number of fused-ring (bicyclic) bond motifs is 1. The third-order valence-corrected chi connectivity index (χ3v) is 5.36. The molecule has 9 heteroatoms. The highest BCUT2D eigenvalue weighted by Gasteiger charge is 2.15. The second kappa shape index (κ2) is 7.90. The molecule has 7 nitrogen and oxygen atoms in total. The molecule has 0 saturated carbocycles. The first-order valence-electron chi connectivity index (χ1n) is 8.67. The fraction of sp³-hybridized carbons (Fsp3) is 0.100. The minimum Gasteiger partial charge on any atom is -0.387 e. The highest BCUT2D eigenvalue weighted by Crippen LogP contribution is 2.36. The Kier molecular flexibility index (Phi) is 5.15. The quantitative estimate of drug-likeness (QED) is 0.357. The average Bonchev–Trinajstić information content (AvgIpc) is 3.17. The van der Waals surface area contributed by atoms with Crippen LogP contribution >= 0.6 is 11.3 Å². The number of hydrogen-bond acceptors (Lipinski definition) is 7. The van der Waals surface area contributed by atoms with Crippen LogP contribution in [-0.2, 0) is 0 Å². The normalized spacial score (nSPS) is 12.1. The van der Waals surface area contributed by atoms with Gasteiger partial charge in [0.05, 0.1) is 16.4 Å². The van der Waals surface area contributed by atoms with Crippen molar-refractivity contribution in [2.24, 2.45) is 0 Å². The molecule has 4 aromatic rings. The van der Waals surface area contributed by atoms with Gasteiger partial charge in [-0.3, -0.25) is 10.1 Å². The summed E-state index contributed by atoms with van der Waals surface area (Å²) < 4.78 is 13.3. The summed E-state index contributed by atoms with van der Waals surface area (Å²) in [5.74, 6) is 0.241. The van der Waals surface area contributed by atoms with E-state index in [0.717, 1.165) is 21.3 Å². The van der Waals surface area contributed by atoms with Crippen LogP contribution in [0.3, 0.4) is 0 Å². The largest absolute Gasteiger partial charge is 0.387 e. The summed E-state index contributed by atoms with van der Waals surface area (Å²) in [4.78, 5) is 19.6. The number of nitrogens with zero attached hydrogens (tertiary/aromatic N) is 3. The number of hydrogen-bond donors (Lipinski definition) is 2. The van der Waals surface area contributed by atoms with Crippen LogP contribution in [-0.4, -0.2) is 26.5 Å². The number of nitro groups is 1. The van der Waals surface area contributed by atoms with Gasteiger partial charge in [0.1, 0.15) is 22.8 Å². The van der Waals surface area contributed by atoms with Gasteiger partial charge in [0.25, 0.3) is 5.69 Å². The van der Waals surface area contributed by atoms with Crippen LogP contribution in [0.4, 0.5) is 15.9 Å². The van der Waals surface area contributed by atoms with Crippen molar-refractivity contribution in [1.82, 2.24) is 9.97 Å². The van der Waals surface area contributed by atoms with Crippen LogP contribution in [0.5, 0.6) is 0 Å². The van der Waals surface area contributed by atoms with Crippen molar-refractivity contribution in [2.75, 3.05) is 11.9 Å². The Labute approximate surface area is 168 Å². The van der Waals surface area contributed by atoms with E-state index in [9.17, 15) is 19.6 Å². The maximum atomic E-state index is 13.3. The molecule has 146 valence electrons. The Morgan fingerprint density at radius 1 is 1.14 bits per heavy atom. The van der Waals surface area contributed by atoms with Crippen molar-refractivity contribution in [2.45, 2.75) is 6.10 Å². The number of aliphatic hydroxyl groups is 1. The smallest absolute Gasteiger partial charge is 0.269 e. The van der Waals surface area contributed by atoms with Crippen molar-refractivity contribution in [3.05, 3.63) is 81.7 Å². The van der Waals surface area contributed by atoms with Crippen LogP contribution in [0.25, 0.3) is 21.3 Å². The summed E-state index contributed by atoms with van der Waals surface area (Å²) in [6.45, 7) is 0.155. The van der Waals surface area contributed by atoms with E-state index in [1.807, 2.05) is 5.38 Å². The van der Waals surface area contributed by atoms with E-state index in [2.05, 4.69) is 15.3 Å². The number of aliphatic hydroxyl groups excluding tert-OH is 1. The number of nitro benzene ring substituents is 1. The van der Waals surface area contributed by atoms with Crippen molar-refractivity contribution in [1.29, 1.82) is 0 Å². The maximum absolute atomic E-state index is 13.3. The zero-order chi connectivity index (χ0) is 20.4. The van der Waals surface area contributed by atoms with Gasteiger partial charge in [0.15, 0.2) is 0 Å². The Balaban J connectivity index is 1.58. The van der Waals surface area contributed by atoms with Crippen LogP contribution < -0.4 is 5.32 Å². The van der Waals surface area contributed by atoms with Crippen LogP contribution in [0.1, 0.15) is 11.7 Å². The lowest BCUT2D eigenvalue weighted by Gasteiger charge is -2.13. The fourth-order valence-electron chi connectivity index (χ4n) is 2.98. The van der Waals surface area contributed by atoms with Crippen molar-refractivity contribution in [3.8, 4) is 11.1 Å². The lowest BCUT2D eigenvalue weighted by molar-refractivity contribution is -0.384. The topological polar surface area (TPSA) is 101 Å². The molecular formula is C20H15FN4O3S. The first kappa shape index (κ1) is 18.9. The molecule has 0 aliphatic heterocycles. The fourth-order valence-corrected chi connectivity index (χ4v) is 3.90. The SMILES string of the molecule is O=[N+]([O-])c1ccc([C@H](O)CNc2ncnc3scc(-c4ccc(F)cc4)c23)cc1. The lowest BCUT2D eigenvalue weighted by Crippen LogP contribution is -2.13. The summed E-state index contributed by atoms with van der Waals surface area (Å²) in [6.07, 6.45) is 0.558. The molecule has 0 bridgehead atoms. The third kappa shape index (κ3) is 3.91. The Morgan fingerprint density at radius 3 is 2.55 bits per heavy atom. The van der Waals surface area contributed by atoms with Crippen LogP contribution in [0.15, 0.2) is 60.2 Å². The first-order valence-corrected chi connectivity index (χ1v) is 9.55.